The van der Waals surface area contributed by atoms with Gasteiger partial charge >= 0.3 is 0 Å². The number of hydrogen-bond donors (Lipinski definition) is 2. The number of hydrogen-bond acceptors (Lipinski definition) is 3. The van der Waals surface area contributed by atoms with Gasteiger partial charge in [0.1, 0.15) is 0 Å². The highest BCUT2D eigenvalue weighted by Gasteiger charge is 2.15. The summed E-state index contributed by atoms with van der Waals surface area (Å²) in [5, 5.41) is 7.18. The molecule has 1 saturated heterocycles. The van der Waals surface area contributed by atoms with E-state index in [4.69, 9.17) is 0 Å². The molecule has 1 heterocycles. The Labute approximate surface area is 134 Å². The van der Waals surface area contributed by atoms with Gasteiger partial charge in [-0.25, -0.2) is 0 Å². The standard InChI is InChI=1S/C18H29N3O/c1-14(13-17-7-5-4-6-12-19-17)20-16-10-8-15(9-11-16)18(22)21(2)3/h8-11,14,17,19-20H,4-7,12-13H2,1-3H3. The molecule has 1 aromatic rings. The van der Waals surface area contributed by atoms with Crippen molar-refractivity contribution >= 4 is 11.6 Å². The maximum atomic E-state index is 11.9. The predicted molar refractivity (Wildman–Crippen MR) is 92.4 cm³/mol. The van der Waals surface area contributed by atoms with Gasteiger partial charge < -0.3 is 15.5 Å². The van der Waals surface area contributed by atoms with E-state index in [2.05, 4.69) is 17.6 Å². The van der Waals surface area contributed by atoms with Crippen LogP contribution < -0.4 is 10.6 Å². The van der Waals surface area contributed by atoms with Gasteiger partial charge in [-0.05, 0) is 57.0 Å². The summed E-state index contributed by atoms with van der Waals surface area (Å²) in [5.41, 5.74) is 1.81. The maximum Gasteiger partial charge on any atom is 0.253 e. The normalized spacial score (nSPS) is 20.0. The van der Waals surface area contributed by atoms with Crippen LogP contribution in [-0.2, 0) is 0 Å². The van der Waals surface area contributed by atoms with Gasteiger partial charge in [-0.15, -0.1) is 0 Å². The number of nitrogens with one attached hydrogen (secondary N) is 2. The second kappa shape index (κ2) is 8.18. The van der Waals surface area contributed by atoms with E-state index in [1.807, 2.05) is 24.3 Å². The molecule has 1 aromatic carbocycles. The predicted octanol–water partition coefficient (Wildman–Crippen LogP) is 3.11. The first-order valence-electron chi connectivity index (χ1n) is 8.38. The minimum Gasteiger partial charge on any atom is -0.383 e. The Morgan fingerprint density at radius 2 is 2.00 bits per heavy atom. The van der Waals surface area contributed by atoms with E-state index in [1.54, 1.807) is 19.0 Å². The average Bonchev–Trinajstić information content (AvgIpc) is 2.75. The summed E-state index contributed by atoms with van der Waals surface area (Å²) in [5.74, 6) is 0.0438. The highest BCUT2D eigenvalue weighted by molar-refractivity contribution is 5.94. The largest absolute Gasteiger partial charge is 0.383 e. The average molecular weight is 303 g/mol. The molecule has 0 bridgehead atoms. The Bertz CT molecular complexity index is 462. The summed E-state index contributed by atoms with van der Waals surface area (Å²) in [7, 11) is 3.55. The Kier molecular flexibility index (Phi) is 6.25. The lowest BCUT2D eigenvalue weighted by molar-refractivity contribution is 0.0827. The fourth-order valence-electron chi connectivity index (χ4n) is 3.04. The first-order chi connectivity index (χ1) is 10.6. The van der Waals surface area contributed by atoms with Crippen molar-refractivity contribution in [2.24, 2.45) is 0 Å². The summed E-state index contributed by atoms with van der Waals surface area (Å²) >= 11 is 0. The third kappa shape index (κ3) is 5.02. The van der Waals surface area contributed by atoms with Crippen molar-refractivity contribution in [3.05, 3.63) is 29.8 Å². The molecule has 0 spiro atoms. The third-order valence-corrected chi connectivity index (χ3v) is 4.25. The van der Waals surface area contributed by atoms with Crippen LogP contribution in [0, 0.1) is 0 Å². The summed E-state index contributed by atoms with van der Waals surface area (Å²) < 4.78 is 0. The molecule has 2 unspecified atom stereocenters. The molecule has 2 atom stereocenters. The first kappa shape index (κ1) is 16.8. The molecule has 22 heavy (non-hydrogen) atoms. The van der Waals surface area contributed by atoms with Crippen molar-refractivity contribution < 1.29 is 4.79 Å². The zero-order valence-corrected chi connectivity index (χ0v) is 14.1. The molecule has 0 saturated carbocycles. The van der Waals surface area contributed by atoms with Gasteiger partial charge in [-0.3, -0.25) is 4.79 Å². The zero-order valence-electron chi connectivity index (χ0n) is 14.1. The Balaban J connectivity index is 1.85. The van der Waals surface area contributed by atoms with Crippen LogP contribution in [0.4, 0.5) is 5.69 Å². The van der Waals surface area contributed by atoms with E-state index in [0.29, 0.717) is 12.1 Å². The number of amides is 1. The molecule has 122 valence electrons. The van der Waals surface area contributed by atoms with Gasteiger partial charge in [-0.1, -0.05) is 12.8 Å². The summed E-state index contributed by atoms with van der Waals surface area (Å²) in [6, 6.07) is 8.81. The molecular formula is C18H29N3O. The van der Waals surface area contributed by atoms with Crippen molar-refractivity contribution in [3.63, 3.8) is 0 Å². The van der Waals surface area contributed by atoms with Gasteiger partial charge in [0, 0.05) is 37.4 Å². The Hall–Kier alpha value is -1.55. The molecule has 1 fully saturated rings. The van der Waals surface area contributed by atoms with Crippen molar-refractivity contribution in [2.45, 2.75) is 51.1 Å². The molecule has 4 nitrogen and oxygen atoms in total. The van der Waals surface area contributed by atoms with Crippen LogP contribution in [0.2, 0.25) is 0 Å². The number of carbonyl (C=O) groups is 1. The van der Waals surface area contributed by atoms with E-state index in [-0.39, 0.29) is 5.91 Å². The molecular weight excluding hydrogens is 274 g/mol. The van der Waals surface area contributed by atoms with Crippen LogP contribution in [-0.4, -0.2) is 43.5 Å². The lowest BCUT2D eigenvalue weighted by atomic mass is 10.0. The molecule has 0 aromatic heterocycles. The summed E-state index contributed by atoms with van der Waals surface area (Å²) in [6.45, 7) is 3.38. The first-order valence-corrected chi connectivity index (χ1v) is 8.38. The third-order valence-electron chi connectivity index (χ3n) is 4.25. The molecule has 2 rings (SSSR count). The van der Waals surface area contributed by atoms with Crippen LogP contribution in [0.15, 0.2) is 24.3 Å². The number of anilines is 1. The smallest absolute Gasteiger partial charge is 0.253 e. The second-order valence-corrected chi connectivity index (χ2v) is 6.56. The van der Waals surface area contributed by atoms with Gasteiger partial charge in [0.25, 0.3) is 5.91 Å². The second-order valence-electron chi connectivity index (χ2n) is 6.56. The van der Waals surface area contributed by atoms with Gasteiger partial charge in [0.15, 0.2) is 0 Å². The van der Waals surface area contributed by atoms with Gasteiger partial charge in [0.05, 0.1) is 0 Å². The number of nitrogens with zero attached hydrogens (tertiary/aromatic N) is 1. The van der Waals surface area contributed by atoms with Crippen molar-refractivity contribution in [1.29, 1.82) is 0 Å². The van der Waals surface area contributed by atoms with Gasteiger partial charge in [-0.2, -0.15) is 0 Å². The summed E-state index contributed by atoms with van der Waals surface area (Å²) in [6.07, 6.45) is 6.42. The molecule has 1 aliphatic rings. The van der Waals surface area contributed by atoms with E-state index in [9.17, 15) is 4.79 Å². The highest BCUT2D eigenvalue weighted by atomic mass is 16.2. The topological polar surface area (TPSA) is 44.4 Å². The molecule has 2 N–H and O–H groups in total. The lowest BCUT2D eigenvalue weighted by Crippen LogP contribution is -2.33. The van der Waals surface area contributed by atoms with Crippen molar-refractivity contribution in [2.75, 3.05) is 26.0 Å². The minimum atomic E-state index is 0.0438. The van der Waals surface area contributed by atoms with Crippen LogP contribution in [0.5, 0.6) is 0 Å². The number of benzene rings is 1. The van der Waals surface area contributed by atoms with Gasteiger partial charge in [0.2, 0.25) is 0 Å². The van der Waals surface area contributed by atoms with Crippen LogP contribution >= 0.6 is 0 Å². The Morgan fingerprint density at radius 3 is 2.68 bits per heavy atom. The fraction of sp³-hybridized carbons (Fsp3) is 0.611. The van der Waals surface area contributed by atoms with Crippen LogP contribution in [0.25, 0.3) is 0 Å². The maximum absolute atomic E-state index is 11.9. The minimum absolute atomic E-state index is 0.0438. The number of carbonyl (C=O) groups excluding carboxylic acids is 1. The Morgan fingerprint density at radius 1 is 1.27 bits per heavy atom. The zero-order chi connectivity index (χ0) is 15.9. The molecule has 0 aliphatic carbocycles. The van der Waals surface area contributed by atoms with E-state index < -0.39 is 0 Å². The molecule has 1 amide bonds. The molecule has 0 radical (unpaired) electrons. The van der Waals surface area contributed by atoms with Crippen LogP contribution in [0.1, 0.15) is 49.4 Å². The van der Waals surface area contributed by atoms with Crippen molar-refractivity contribution in [1.82, 2.24) is 10.2 Å². The molecule has 1 aliphatic heterocycles. The number of rotatable bonds is 5. The lowest BCUT2D eigenvalue weighted by Gasteiger charge is -2.22. The SMILES string of the molecule is CC(CC1CCCCCN1)Nc1ccc(C(=O)N(C)C)cc1. The van der Waals surface area contributed by atoms with E-state index >= 15 is 0 Å². The van der Waals surface area contributed by atoms with Crippen molar-refractivity contribution in [3.8, 4) is 0 Å². The quantitative estimate of drug-likeness (QED) is 0.878. The summed E-state index contributed by atoms with van der Waals surface area (Å²) in [4.78, 5) is 13.5. The monoisotopic (exact) mass is 303 g/mol. The van der Waals surface area contributed by atoms with E-state index in [0.717, 1.165) is 24.2 Å². The fourth-order valence-corrected chi connectivity index (χ4v) is 3.04. The van der Waals surface area contributed by atoms with E-state index in [1.165, 1.54) is 25.7 Å². The molecule has 4 heteroatoms. The van der Waals surface area contributed by atoms with Crippen LogP contribution in [0.3, 0.4) is 0 Å². The highest BCUT2D eigenvalue weighted by Crippen LogP contribution is 2.16.